The largest absolute Gasteiger partial charge is 0.376 e. The van der Waals surface area contributed by atoms with Crippen molar-refractivity contribution < 1.29 is 9.53 Å². The van der Waals surface area contributed by atoms with Gasteiger partial charge in [0.1, 0.15) is 11.6 Å². The van der Waals surface area contributed by atoms with Gasteiger partial charge < -0.3 is 14.6 Å². The van der Waals surface area contributed by atoms with Gasteiger partial charge in [0.05, 0.1) is 6.10 Å². The van der Waals surface area contributed by atoms with E-state index in [1.165, 1.54) is 0 Å². The number of hydrogen-bond acceptors (Lipinski definition) is 4. The molecule has 0 spiro atoms. The van der Waals surface area contributed by atoms with Crippen LogP contribution in [0, 0.1) is 25.2 Å². The Kier molecular flexibility index (Phi) is 6.77. The molecule has 1 N–H and O–H groups in total. The minimum atomic E-state index is -0.362. The lowest BCUT2D eigenvalue weighted by Crippen LogP contribution is -2.43. The summed E-state index contributed by atoms with van der Waals surface area (Å²) < 4.78 is 5.79. The molecule has 0 bridgehead atoms. The summed E-state index contributed by atoms with van der Waals surface area (Å²) in [5.41, 5.74) is 2.08. The van der Waals surface area contributed by atoms with Crippen LogP contribution in [-0.4, -0.2) is 41.6 Å². The average Bonchev–Trinajstić information content (AvgIpc) is 2.60. The number of carbonyl (C=O) groups excluding carboxylic acids is 1. The lowest BCUT2D eigenvalue weighted by Gasteiger charge is -2.32. The summed E-state index contributed by atoms with van der Waals surface area (Å²) in [4.78, 5) is 28.9. The van der Waals surface area contributed by atoms with Crippen LogP contribution in [-0.2, 0) is 16.0 Å². The number of amides is 1. The molecular formula is C19H27N3O3. The number of ether oxygens (including phenoxy) is 1. The van der Waals surface area contributed by atoms with Gasteiger partial charge in [-0.25, -0.2) is 0 Å². The molecule has 1 fully saturated rings. The highest BCUT2D eigenvalue weighted by Crippen LogP contribution is 2.18. The van der Waals surface area contributed by atoms with E-state index in [1.807, 2.05) is 17.9 Å². The van der Waals surface area contributed by atoms with Crippen molar-refractivity contribution in [3.05, 3.63) is 32.7 Å². The number of nitrogens with zero attached hydrogens (tertiary/aromatic N) is 2. The lowest BCUT2D eigenvalue weighted by atomic mass is 9.98. The second-order valence-electron chi connectivity index (χ2n) is 6.64. The zero-order valence-electron chi connectivity index (χ0n) is 15.4. The number of hydrogen-bond donors (Lipinski definition) is 1. The Balaban J connectivity index is 2.01. The number of likely N-dealkylation sites (tertiary alicyclic amines) is 1. The van der Waals surface area contributed by atoms with Crippen LogP contribution in [0.15, 0.2) is 4.79 Å². The third kappa shape index (κ3) is 4.70. The van der Waals surface area contributed by atoms with E-state index in [0.717, 1.165) is 43.7 Å². The average molecular weight is 345 g/mol. The van der Waals surface area contributed by atoms with E-state index < -0.39 is 0 Å². The summed E-state index contributed by atoms with van der Waals surface area (Å²) in [5.74, 6) is 0.105. The Morgan fingerprint density at radius 2 is 2.20 bits per heavy atom. The Morgan fingerprint density at radius 1 is 1.44 bits per heavy atom. The smallest absolute Gasteiger partial charge is 0.266 e. The zero-order chi connectivity index (χ0) is 18.4. The fourth-order valence-corrected chi connectivity index (χ4v) is 3.40. The minimum absolute atomic E-state index is 0.105. The Morgan fingerprint density at radius 3 is 2.88 bits per heavy atom. The van der Waals surface area contributed by atoms with Crippen molar-refractivity contribution in [2.45, 2.75) is 59.0 Å². The summed E-state index contributed by atoms with van der Waals surface area (Å²) in [6.07, 6.45) is 4.00. The van der Waals surface area contributed by atoms with Crippen LogP contribution in [0.4, 0.5) is 0 Å². The molecule has 0 saturated carbocycles. The number of nitrogens with one attached hydrogen (secondary N) is 1. The van der Waals surface area contributed by atoms with Gasteiger partial charge in [-0.1, -0.05) is 6.92 Å². The van der Waals surface area contributed by atoms with Crippen LogP contribution in [0.2, 0.25) is 0 Å². The number of aromatic amines is 1. The fourth-order valence-electron chi connectivity index (χ4n) is 3.40. The summed E-state index contributed by atoms with van der Waals surface area (Å²) in [6, 6.07) is 1.95. The van der Waals surface area contributed by atoms with Crippen molar-refractivity contribution in [2.24, 2.45) is 0 Å². The van der Waals surface area contributed by atoms with E-state index in [2.05, 4.69) is 11.9 Å². The number of carbonyl (C=O) groups is 1. The van der Waals surface area contributed by atoms with Gasteiger partial charge in [-0.3, -0.25) is 9.59 Å². The molecule has 1 aromatic rings. The van der Waals surface area contributed by atoms with Crippen molar-refractivity contribution in [3.8, 4) is 6.07 Å². The third-order valence-corrected chi connectivity index (χ3v) is 4.80. The van der Waals surface area contributed by atoms with E-state index in [1.54, 1.807) is 6.92 Å². The molecular weight excluding hydrogens is 318 g/mol. The molecule has 6 heteroatoms. The predicted octanol–water partition coefficient (Wildman–Crippen LogP) is 2.21. The van der Waals surface area contributed by atoms with Crippen LogP contribution >= 0.6 is 0 Å². The highest BCUT2D eigenvalue weighted by Gasteiger charge is 2.24. The van der Waals surface area contributed by atoms with Gasteiger partial charge in [0.25, 0.3) is 5.56 Å². The fraction of sp³-hybridized carbons (Fsp3) is 0.632. The normalized spacial score (nSPS) is 17.4. The SMILES string of the molecule is CCCO[C@@H]1CCCN(C(=O)CCc2c(C)[nH]c(=O)c(C#N)c2C)C1. The van der Waals surface area contributed by atoms with Gasteiger partial charge in [-0.05, 0) is 50.7 Å². The third-order valence-electron chi connectivity index (χ3n) is 4.80. The van der Waals surface area contributed by atoms with Gasteiger partial charge in [-0.15, -0.1) is 0 Å². The molecule has 0 unspecified atom stereocenters. The van der Waals surface area contributed by atoms with Gasteiger partial charge >= 0.3 is 0 Å². The summed E-state index contributed by atoms with van der Waals surface area (Å²) in [5, 5.41) is 9.14. The van der Waals surface area contributed by atoms with Crippen molar-refractivity contribution in [3.63, 3.8) is 0 Å². The van der Waals surface area contributed by atoms with E-state index in [-0.39, 0.29) is 23.1 Å². The summed E-state index contributed by atoms with van der Waals surface area (Å²) in [7, 11) is 0. The second-order valence-corrected chi connectivity index (χ2v) is 6.64. The van der Waals surface area contributed by atoms with Crippen LogP contribution in [0.25, 0.3) is 0 Å². The van der Waals surface area contributed by atoms with Gasteiger partial charge in [0.15, 0.2) is 0 Å². The van der Waals surface area contributed by atoms with E-state index in [9.17, 15) is 9.59 Å². The van der Waals surface area contributed by atoms with Gasteiger partial charge in [0, 0.05) is 31.8 Å². The Bertz CT molecular complexity index is 718. The van der Waals surface area contributed by atoms with Gasteiger partial charge in [-0.2, -0.15) is 5.26 Å². The van der Waals surface area contributed by atoms with Crippen LogP contribution in [0.1, 0.15) is 55.0 Å². The van der Waals surface area contributed by atoms with E-state index in [0.29, 0.717) is 24.9 Å². The van der Waals surface area contributed by atoms with Crippen molar-refractivity contribution >= 4 is 5.91 Å². The number of aryl methyl sites for hydroxylation is 1. The molecule has 1 aliphatic heterocycles. The Labute approximate surface area is 148 Å². The van der Waals surface area contributed by atoms with Crippen LogP contribution in [0.5, 0.6) is 0 Å². The number of H-pyrrole nitrogens is 1. The van der Waals surface area contributed by atoms with E-state index in [4.69, 9.17) is 10.00 Å². The number of rotatable bonds is 6. The molecule has 25 heavy (non-hydrogen) atoms. The molecule has 1 amide bonds. The number of nitriles is 1. The number of pyridine rings is 1. The molecule has 0 radical (unpaired) electrons. The molecule has 6 nitrogen and oxygen atoms in total. The molecule has 1 atom stereocenters. The Hall–Kier alpha value is -2.13. The lowest BCUT2D eigenvalue weighted by molar-refractivity contribution is -0.135. The first kappa shape index (κ1) is 19.2. The topological polar surface area (TPSA) is 86.2 Å². The molecule has 1 saturated heterocycles. The molecule has 2 heterocycles. The van der Waals surface area contributed by atoms with Crippen molar-refractivity contribution in [2.75, 3.05) is 19.7 Å². The molecule has 2 rings (SSSR count). The molecule has 0 aliphatic carbocycles. The first-order chi connectivity index (χ1) is 12.0. The first-order valence-electron chi connectivity index (χ1n) is 8.99. The number of piperidine rings is 1. The van der Waals surface area contributed by atoms with Crippen molar-refractivity contribution in [1.29, 1.82) is 5.26 Å². The number of aromatic nitrogens is 1. The second kappa shape index (κ2) is 8.82. The predicted molar refractivity (Wildman–Crippen MR) is 95.4 cm³/mol. The first-order valence-corrected chi connectivity index (χ1v) is 8.99. The maximum atomic E-state index is 12.6. The van der Waals surface area contributed by atoms with Crippen LogP contribution in [0.3, 0.4) is 0 Å². The highest BCUT2D eigenvalue weighted by molar-refractivity contribution is 5.76. The highest BCUT2D eigenvalue weighted by atomic mass is 16.5. The summed E-state index contributed by atoms with van der Waals surface area (Å²) >= 11 is 0. The maximum Gasteiger partial charge on any atom is 0.266 e. The molecule has 1 aromatic heterocycles. The minimum Gasteiger partial charge on any atom is -0.376 e. The quantitative estimate of drug-likeness (QED) is 0.856. The van der Waals surface area contributed by atoms with Crippen LogP contribution < -0.4 is 5.56 Å². The van der Waals surface area contributed by atoms with Gasteiger partial charge in [0.2, 0.25) is 5.91 Å². The summed E-state index contributed by atoms with van der Waals surface area (Å²) in [6.45, 7) is 7.83. The standard InChI is InChI=1S/C19H27N3O3/c1-4-10-25-15-6-5-9-22(12-15)18(23)8-7-16-13(2)17(11-20)19(24)21-14(16)3/h15H,4-10,12H2,1-3H3,(H,21,24)/t15-/m1/s1. The molecule has 1 aliphatic rings. The molecule has 0 aromatic carbocycles. The zero-order valence-corrected chi connectivity index (χ0v) is 15.4. The maximum absolute atomic E-state index is 12.6. The molecule has 136 valence electrons. The monoisotopic (exact) mass is 345 g/mol. The van der Waals surface area contributed by atoms with E-state index >= 15 is 0 Å². The van der Waals surface area contributed by atoms with Crippen molar-refractivity contribution in [1.82, 2.24) is 9.88 Å².